The lowest BCUT2D eigenvalue weighted by Gasteiger charge is -1.98. The van der Waals surface area contributed by atoms with E-state index in [1.165, 1.54) is 11.9 Å². The predicted molar refractivity (Wildman–Crippen MR) is 32.8 cm³/mol. The fourth-order valence-electron chi connectivity index (χ4n) is 0.393. The van der Waals surface area contributed by atoms with Crippen LogP contribution < -0.4 is 0 Å². The van der Waals surface area contributed by atoms with E-state index in [9.17, 15) is 4.57 Å². The van der Waals surface area contributed by atoms with Gasteiger partial charge in [-0.05, 0) is 17.3 Å². The van der Waals surface area contributed by atoms with Gasteiger partial charge >= 0.3 is 6.72 Å². The summed E-state index contributed by atoms with van der Waals surface area (Å²) >= 11 is 5.25. The third-order valence-electron chi connectivity index (χ3n) is 0.680. The summed E-state index contributed by atoms with van der Waals surface area (Å²) in [6.45, 7) is 0.477. The SMILES string of the molecule is C=C1C=CP(=O)(Cl)O1. The van der Waals surface area contributed by atoms with Crippen molar-refractivity contribution in [2.75, 3.05) is 0 Å². The average molecular weight is 151 g/mol. The molecule has 0 saturated heterocycles. The van der Waals surface area contributed by atoms with Crippen molar-refractivity contribution in [3.05, 3.63) is 24.2 Å². The molecule has 2 nitrogen and oxygen atoms in total. The van der Waals surface area contributed by atoms with Gasteiger partial charge in [0.15, 0.2) is 0 Å². The highest BCUT2D eigenvalue weighted by atomic mass is 35.7. The summed E-state index contributed by atoms with van der Waals surface area (Å²) in [7, 11) is 0. The molecule has 4 heteroatoms. The van der Waals surface area contributed by atoms with Crippen molar-refractivity contribution in [3.63, 3.8) is 0 Å². The van der Waals surface area contributed by atoms with Crippen molar-refractivity contribution in [3.8, 4) is 0 Å². The third kappa shape index (κ3) is 1.15. The lowest BCUT2D eigenvalue weighted by Crippen LogP contribution is -1.67. The lowest BCUT2D eigenvalue weighted by atomic mass is 10.6. The highest BCUT2D eigenvalue weighted by Crippen LogP contribution is 2.59. The molecule has 1 heterocycles. The van der Waals surface area contributed by atoms with E-state index in [-0.39, 0.29) is 0 Å². The minimum absolute atomic E-state index is 0.364. The van der Waals surface area contributed by atoms with Gasteiger partial charge in [0.25, 0.3) is 0 Å². The van der Waals surface area contributed by atoms with Crippen LogP contribution in [0.1, 0.15) is 0 Å². The Bertz CT molecular complexity index is 196. The van der Waals surface area contributed by atoms with Crippen LogP contribution in [0.25, 0.3) is 0 Å². The Morgan fingerprint density at radius 2 is 2.50 bits per heavy atom. The van der Waals surface area contributed by atoms with Gasteiger partial charge in [0.05, 0.1) is 0 Å². The molecular formula is C4H4ClO2P. The van der Waals surface area contributed by atoms with E-state index >= 15 is 0 Å². The minimum Gasteiger partial charge on any atom is -0.431 e. The Morgan fingerprint density at radius 3 is 2.62 bits per heavy atom. The normalized spacial score (nSPS) is 35.4. The predicted octanol–water partition coefficient (Wildman–Crippen LogP) is 2.48. The highest BCUT2D eigenvalue weighted by Gasteiger charge is 2.21. The quantitative estimate of drug-likeness (QED) is 0.496. The summed E-state index contributed by atoms with van der Waals surface area (Å²) in [6, 6.07) is 0. The molecule has 1 rings (SSSR count). The maximum atomic E-state index is 10.6. The minimum atomic E-state index is -2.91. The van der Waals surface area contributed by atoms with E-state index < -0.39 is 6.72 Å². The zero-order valence-corrected chi connectivity index (χ0v) is 5.65. The Kier molecular flexibility index (Phi) is 1.22. The number of hydrogen-bond acceptors (Lipinski definition) is 2. The molecule has 0 radical (unpaired) electrons. The van der Waals surface area contributed by atoms with E-state index in [4.69, 9.17) is 11.2 Å². The van der Waals surface area contributed by atoms with Crippen molar-refractivity contribution < 1.29 is 9.09 Å². The van der Waals surface area contributed by atoms with E-state index in [1.807, 2.05) is 0 Å². The van der Waals surface area contributed by atoms with Crippen molar-refractivity contribution in [1.82, 2.24) is 0 Å². The van der Waals surface area contributed by atoms with E-state index in [1.54, 1.807) is 0 Å². The number of allylic oxidation sites excluding steroid dienone is 1. The average Bonchev–Trinajstić information content (AvgIpc) is 1.82. The van der Waals surface area contributed by atoms with Crippen LogP contribution >= 0.6 is 18.0 Å². The third-order valence-corrected chi connectivity index (χ3v) is 2.21. The van der Waals surface area contributed by atoms with E-state index in [2.05, 4.69) is 11.1 Å². The molecule has 0 spiro atoms. The second-order valence-electron chi connectivity index (χ2n) is 1.39. The molecule has 1 atom stereocenters. The molecule has 1 unspecified atom stereocenters. The largest absolute Gasteiger partial charge is 0.431 e. The van der Waals surface area contributed by atoms with Crippen LogP contribution in [-0.2, 0) is 9.09 Å². The summed E-state index contributed by atoms with van der Waals surface area (Å²) in [4.78, 5) is 0. The first kappa shape index (κ1) is 5.93. The molecule has 0 aromatic heterocycles. The van der Waals surface area contributed by atoms with E-state index in [0.717, 1.165) is 0 Å². The van der Waals surface area contributed by atoms with Crippen LogP contribution in [0.3, 0.4) is 0 Å². The smallest absolute Gasteiger partial charge is 0.359 e. The Labute approximate surface area is 52.0 Å². The summed E-state index contributed by atoms with van der Waals surface area (Å²) in [5, 5.41) is 0. The maximum absolute atomic E-state index is 10.6. The summed E-state index contributed by atoms with van der Waals surface area (Å²) < 4.78 is 15.2. The molecule has 0 saturated carbocycles. The Hall–Kier alpha value is -0.200. The van der Waals surface area contributed by atoms with Gasteiger partial charge < -0.3 is 4.52 Å². The highest BCUT2D eigenvalue weighted by molar-refractivity contribution is 7.88. The first-order valence-electron chi connectivity index (χ1n) is 1.97. The molecule has 0 aliphatic carbocycles. The second-order valence-corrected chi connectivity index (χ2v) is 4.33. The van der Waals surface area contributed by atoms with Crippen LogP contribution in [0.15, 0.2) is 24.2 Å². The molecule has 8 heavy (non-hydrogen) atoms. The Morgan fingerprint density at radius 1 is 1.88 bits per heavy atom. The fraction of sp³-hybridized carbons (Fsp3) is 0. The van der Waals surface area contributed by atoms with Gasteiger partial charge in [0.2, 0.25) is 0 Å². The van der Waals surface area contributed by atoms with Gasteiger partial charge in [-0.1, -0.05) is 6.58 Å². The zero-order chi connectivity index (χ0) is 6.20. The van der Waals surface area contributed by atoms with Gasteiger partial charge in [-0.2, -0.15) is 0 Å². The van der Waals surface area contributed by atoms with Gasteiger partial charge in [-0.15, -0.1) is 0 Å². The monoisotopic (exact) mass is 150 g/mol. The summed E-state index contributed by atoms with van der Waals surface area (Å²) in [6.07, 6.45) is 1.49. The molecule has 1 aliphatic rings. The second kappa shape index (κ2) is 1.64. The molecule has 0 aromatic rings. The fourth-order valence-corrected chi connectivity index (χ4v) is 1.61. The van der Waals surface area contributed by atoms with Crippen LogP contribution in [-0.4, -0.2) is 0 Å². The first-order chi connectivity index (χ1) is 3.60. The molecule has 0 amide bonds. The molecule has 0 N–H and O–H groups in total. The van der Waals surface area contributed by atoms with Crippen molar-refractivity contribution in [2.24, 2.45) is 0 Å². The van der Waals surface area contributed by atoms with Crippen molar-refractivity contribution in [1.29, 1.82) is 0 Å². The lowest BCUT2D eigenvalue weighted by molar-refractivity contribution is 0.450. The van der Waals surface area contributed by atoms with Crippen LogP contribution in [0, 0.1) is 0 Å². The van der Waals surface area contributed by atoms with Crippen LogP contribution in [0.5, 0.6) is 0 Å². The summed E-state index contributed by atoms with van der Waals surface area (Å²) in [5.41, 5.74) is 0. The standard InChI is InChI=1S/C4H4ClO2P/c1-4-2-3-8(5,6)7-4/h2-3H,1H2. The van der Waals surface area contributed by atoms with Crippen molar-refractivity contribution in [2.45, 2.75) is 0 Å². The molecule has 0 fully saturated rings. The molecule has 44 valence electrons. The topological polar surface area (TPSA) is 26.3 Å². The van der Waals surface area contributed by atoms with Gasteiger partial charge in [0, 0.05) is 5.82 Å². The number of rotatable bonds is 0. The Balaban J connectivity index is 2.88. The van der Waals surface area contributed by atoms with Gasteiger partial charge in [-0.25, -0.2) is 0 Å². The zero-order valence-electron chi connectivity index (χ0n) is 4.00. The summed E-state index contributed by atoms with van der Waals surface area (Å²) in [5.74, 6) is 1.68. The van der Waals surface area contributed by atoms with Crippen LogP contribution in [0.2, 0.25) is 0 Å². The molecule has 1 aliphatic heterocycles. The number of halogens is 1. The first-order valence-corrected chi connectivity index (χ1v) is 4.57. The van der Waals surface area contributed by atoms with Gasteiger partial charge in [0.1, 0.15) is 5.76 Å². The maximum Gasteiger partial charge on any atom is 0.359 e. The molecule has 0 bridgehead atoms. The number of hydrogen-bond donors (Lipinski definition) is 0. The van der Waals surface area contributed by atoms with Gasteiger partial charge in [-0.3, -0.25) is 4.57 Å². The van der Waals surface area contributed by atoms with E-state index in [0.29, 0.717) is 5.76 Å². The molecule has 0 aromatic carbocycles. The van der Waals surface area contributed by atoms with Crippen LogP contribution in [0.4, 0.5) is 0 Å². The molecular weight excluding hydrogens is 146 g/mol. The van der Waals surface area contributed by atoms with Crippen molar-refractivity contribution >= 4 is 18.0 Å².